The SMILES string of the molecule is NC1CCC(C(=O)Cc2ccc(F)cc2F)CC1. The highest BCUT2D eigenvalue weighted by Gasteiger charge is 2.25. The van der Waals surface area contributed by atoms with E-state index in [2.05, 4.69) is 0 Å². The van der Waals surface area contributed by atoms with Crippen molar-refractivity contribution in [1.82, 2.24) is 0 Å². The molecule has 0 spiro atoms. The third-order valence-corrected chi connectivity index (χ3v) is 3.61. The molecule has 0 unspecified atom stereocenters. The van der Waals surface area contributed by atoms with Gasteiger partial charge in [-0.15, -0.1) is 0 Å². The number of carbonyl (C=O) groups excluding carboxylic acids is 1. The molecule has 4 heteroatoms. The first kappa shape index (κ1) is 13.1. The number of Topliss-reactive ketones (excluding diaryl/α,β-unsaturated/α-hetero) is 1. The van der Waals surface area contributed by atoms with Gasteiger partial charge in [0.1, 0.15) is 17.4 Å². The molecule has 1 aliphatic rings. The Hall–Kier alpha value is -1.29. The average molecular weight is 253 g/mol. The van der Waals surface area contributed by atoms with E-state index in [9.17, 15) is 13.6 Å². The first-order chi connectivity index (χ1) is 8.56. The molecule has 0 atom stereocenters. The number of hydrogen-bond donors (Lipinski definition) is 1. The van der Waals surface area contributed by atoms with Crippen LogP contribution in [0.3, 0.4) is 0 Å². The Morgan fingerprint density at radius 1 is 1.22 bits per heavy atom. The third-order valence-electron chi connectivity index (χ3n) is 3.61. The van der Waals surface area contributed by atoms with Crippen LogP contribution in [0.4, 0.5) is 8.78 Å². The van der Waals surface area contributed by atoms with Crippen molar-refractivity contribution >= 4 is 5.78 Å². The van der Waals surface area contributed by atoms with Crippen molar-refractivity contribution < 1.29 is 13.6 Å². The highest BCUT2D eigenvalue weighted by Crippen LogP contribution is 2.25. The quantitative estimate of drug-likeness (QED) is 0.899. The second-order valence-electron chi connectivity index (χ2n) is 4.99. The van der Waals surface area contributed by atoms with E-state index in [4.69, 9.17) is 5.73 Å². The van der Waals surface area contributed by atoms with E-state index in [0.717, 1.165) is 31.7 Å². The zero-order valence-corrected chi connectivity index (χ0v) is 10.2. The summed E-state index contributed by atoms with van der Waals surface area (Å²) in [5, 5.41) is 0. The van der Waals surface area contributed by atoms with Gasteiger partial charge in [0, 0.05) is 24.4 Å². The fourth-order valence-corrected chi connectivity index (χ4v) is 2.44. The van der Waals surface area contributed by atoms with E-state index in [-0.39, 0.29) is 29.7 Å². The lowest BCUT2D eigenvalue weighted by molar-refractivity contribution is -0.123. The molecule has 2 nitrogen and oxygen atoms in total. The third kappa shape index (κ3) is 3.13. The van der Waals surface area contributed by atoms with Crippen molar-refractivity contribution in [3.05, 3.63) is 35.4 Å². The molecule has 0 heterocycles. The Labute approximate surface area is 105 Å². The van der Waals surface area contributed by atoms with Gasteiger partial charge in [0.2, 0.25) is 0 Å². The molecule has 1 saturated carbocycles. The monoisotopic (exact) mass is 253 g/mol. The molecule has 1 fully saturated rings. The number of nitrogens with two attached hydrogens (primary N) is 1. The molecule has 0 aromatic heterocycles. The molecule has 1 aromatic carbocycles. The fraction of sp³-hybridized carbons (Fsp3) is 0.500. The summed E-state index contributed by atoms with van der Waals surface area (Å²) in [6.07, 6.45) is 3.31. The topological polar surface area (TPSA) is 43.1 Å². The molecule has 2 N–H and O–H groups in total. The van der Waals surface area contributed by atoms with Gasteiger partial charge in [0.05, 0.1) is 0 Å². The minimum Gasteiger partial charge on any atom is -0.328 e. The van der Waals surface area contributed by atoms with E-state index in [1.807, 2.05) is 0 Å². The molecular formula is C14H17F2NO. The Kier molecular flexibility index (Phi) is 4.07. The minimum atomic E-state index is -0.643. The van der Waals surface area contributed by atoms with Crippen molar-refractivity contribution in [3.63, 3.8) is 0 Å². The number of benzene rings is 1. The van der Waals surface area contributed by atoms with Crippen LogP contribution < -0.4 is 5.73 Å². The summed E-state index contributed by atoms with van der Waals surface area (Å²) in [6.45, 7) is 0. The van der Waals surface area contributed by atoms with Gasteiger partial charge in [-0.3, -0.25) is 4.79 Å². The maximum absolute atomic E-state index is 13.4. The Balaban J connectivity index is 1.98. The molecular weight excluding hydrogens is 236 g/mol. The molecule has 1 aliphatic carbocycles. The first-order valence-corrected chi connectivity index (χ1v) is 6.28. The van der Waals surface area contributed by atoms with Crippen molar-refractivity contribution in [1.29, 1.82) is 0 Å². The average Bonchev–Trinajstić information content (AvgIpc) is 2.33. The summed E-state index contributed by atoms with van der Waals surface area (Å²) in [6, 6.07) is 3.54. The van der Waals surface area contributed by atoms with Crippen LogP contribution in [-0.4, -0.2) is 11.8 Å². The van der Waals surface area contributed by atoms with Crippen molar-refractivity contribution in [2.24, 2.45) is 11.7 Å². The smallest absolute Gasteiger partial charge is 0.140 e. The first-order valence-electron chi connectivity index (χ1n) is 6.28. The van der Waals surface area contributed by atoms with Crippen molar-refractivity contribution in [3.8, 4) is 0 Å². The lowest BCUT2D eigenvalue weighted by Crippen LogP contribution is -2.30. The van der Waals surface area contributed by atoms with Gasteiger partial charge in [0.25, 0.3) is 0 Å². The molecule has 18 heavy (non-hydrogen) atoms. The molecule has 1 aromatic rings. The van der Waals surface area contributed by atoms with Crippen LogP contribution in [0.15, 0.2) is 18.2 Å². The Morgan fingerprint density at radius 2 is 1.89 bits per heavy atom. The lowest BCUT2D eigenvalue weighted by Gasteiger charge is -2.25. The predicted molar refractivity (Wildman–Crippen MR) is 65.0 cm³/mol. The van der Waals surface area contributed by atoms with Gasteiger partial charge in [-0.2, -0.15) is 0 Å². The van der Waals surface area contributed by atoms with E-state index in [1.54, 1.807) is 0 Å². The second kappa shape index (κ2) is 5.57. The summed E-state index contributed by atoms with van der Waals surface area (Å²) in [5.74, 6) is -1.25. The minimum absolute atomic E-state index is 0.0192. The van der Waals surface area contributed by atoms with Crippen LogP contribution in [0.25, 0.3) is 0 Å². The summed E-state index contributed by atoms with van der Waals surface area (Å²) in [5.41, 5.74) is 6.05. The predicted octanol–water partition coefficient (Wildman–Crippen LogP) is 2.59. The zero-order chi connectivity index (χ0) is 13.1. The number of ketones is 1. The summed E-state index contributed by atoms with van der Waals surface area (Å²) >= 11 is 0. The van der Waals surface area contributed by atoms with Crippen LogP contribution in [0.5, 0.6) is 0 Å². The number of rotatable bonds is 3. The number of hydrogen-bond acceptors (Lipinski definition) is 2. The van der Waals surface area contributed by atoms with Crippen LogP contribution in [-0.2, 0) is 11.2 Å². The zero-order valence-electron chi connectivity index (χ0n) is 10.2. The van der Waals surface area contributed by atoms with Crippen LogP contribution >= 0.6 is 0 Å². The van der Waals surface area contributed by atoms with Gasteiger partial charge in [0.15, 0.2) is 0 Å². The summed E-state index contributed by atoms with van der Waals surface area (Å²) in [7, 11) is 0. The summed E-state index contributed by atoms with van der Waals surface area (Å²) < 4.78 is 26.2. The molecule has 0 saturated heterocycles. The maximum atomic E-state index is 13.4. The van der Waals surface area contributed by atoms with E-state index in [0.29, 0.717) is 0 Å². The molecule has 0 aliphatic heterocycles. The highest BCUT2D eigenvalue weighted by molar-refractivity contribution is 5.83. The van der Waals surface area contributed by atoms with Crippen molar-refractivity contribution in [2.45, 2.75) is 38.1 Å². The molecule has 0 amide bonds. The summed E-state index contributed by atoms with van der Waals surface area (Å²) in [4.78, 5) is 12.0. The molecule has 98 valence electrons. The van der Waals surface area contributed by atoms with Gasteiger partial charge >= 0.3 is 0 Å². The van der Waals surface area contributed by atoms with E-state index in [1.165, 1.54) is 12.1 Å². The lowest BCUT2D eigenvalue weighted by atomic mass is 9.82. The number of halogens is 2. The highest BCUT2D eigenvalue weighted by atomic mass is 19.1. The Bertz CT molecular complexity index is 439. The van der Waals surface area contributed by atoms with E-state index < -0.39 is 11.6 Å². The molecule has 0 bridgehead atoms. The van der Waals surface area contributed by atoms with Crippen LogP contribution in [0.1, 0.15) is 31.2 Å². The largest absolute Gasteiger partial charge is 0.328 e. The molecule has 0 radical (unpaired) electrons. The van der Waals surface area contributed by atoms with Gasteiger partial charge in [-0.05, 0) is 37.3 Å². The van der Waals surface area contributed by atoms with Crippen LogP contribution in [0.2, 0.25) is 0 Å². The van der Waals surface area contributed by atoms with Gasteiger partial charge < -0.3 is 5.73 Å². The fourth-order valence-electron chi connectivity index (χ4n) is 2.44. The van der Waals surface area contributed by atoms with Crippen LogP contribution in [0, 0.1) is 17.6 Å². The van der Waals surface area contributed by atoms with Gasteiger partial charge in [-0.25, -0.2) is 8.78 Å². The van der Waals surface area contributed by atoms with E-state index >= 15 is 0 Å². The van der Waals surface area contributed by atoms with Crippen molar-refractivity contribution in [2.75, 3.05) is 0 Å². The molecule has 2 rings (SSSR count). The Morgan fingerprint density at radius 3 is 2.50 bits per heavy atom. The maximum Gasteiger partial charge on any atom is 0.140 e. The number of carbonyl (C=O) groups is 1. The standard InChI is InChI=1S/C14H17F2NO/c15-11-4-1-10(13(16)8-11)7-14(18)9-2-5-12(17)6-3-9/h1,4,8-9,12H,2-3,5-7,17H2. The van der Waals surface area contributed by atoms with Gasteiger partial charge in [-0.1, -0.05) is 6.07 Å². The normalized spacial score (nSPS) is 23.9. The second-order valence-corrected chi connectivity index (χ2v) is 4.99.